The number of ether oxygens (including phenoxy) is 3. The summed E-state index contributed by atoms with van der Waals surface area (Å²) in [5.74, 6) is -0.275. The van der Waals surface area contributed by atoms with Gasteiger partial charge in [-0.2, -0.15) is 0 Å². The van der Waals surface area contributed by atoms with Crippen LogP contribution in [0.5, 0.6) is 11.5 Å². The summed E-state index contributed by atoms with van der Waals surface area (Å²) in [6.45, 7) is 0.622. The normalized spacial score (nSPS) is 15.3. The molecule has 1 aromatic carbocycles. The van der Waals surface area contributed by atoms with E-state index in [-0.39, 0.29) is 24.5 Å². The molecule has 10 heteroatoms. The van der Waals surface area contributed by atoms with Crippen molar-refractivity contribution in [2.75, 3.05) is 39.4 Å². The number of fused-ring (bicyclic) bond motifs is 1. The monoisotopic (exact) mass is 424 g/mol. The fraction of sp³-hybridized carbons (Fsp3) is 0.238. The summed E-state index contributed by atoms with van der Waals surface area (Å²) in [5.41, 5.74) is 1.76. The van der Waals surface area contributed by atoms with Crippen molar-refractivity contribution in [2.24, 2.45) is 4.99 Å². The smallest absolute Gasteiger partial charge is 0.338 e. The van der Waals surface area contributed by atoms with Gasteiger partial charge in [0.25, 0.3) is 5.91 Å². The van der Waals surface area contributed by atoms with Crippen LogP contribution in [0.2, 0.25) is 0 Å². The minimum absolute atomic E-state index is 0.00623. The molecule has 2 N–H and O–H groups in total. The molecule has 3 heterocycles. The molecule has 1 fully saturated rings. The number of nitrogens with one attached hydrogen (secondary N) is 1. The van der Waals surface area contributed by atoms with Gasteiger partial charge in [-0.05, 0) is 24.3 Å². The van der Waals surface area contributed by atoms with E-state index in [4.69, 9.17) is 14.2 Å². The van der Waals surface area contributed by atoms with E-state index in [1.165, 1.54) is 30.3 Å². The molecule has 2 aromatic rings. The minimum atomic E-state index is -1.23. The number of aliphatic imine (C=N–C) groups is 1. The highest BCUT2D eigenvalue weighted by molar-refractivity contribution is 6.08. The summed E-state index contributed by atoms with van der Waals surface area (Å²) in [6, 6.07) is 8.07. The van der Waals surface area contributed by atoms with Crippen molar-refractivity contribution >= 4 is 23.3 Å². The fourth-order valence-corrected chi connectivity index (χ4v) is 3.39. The Kier molecular flexibility index (Phi) is 5.54. The van der Waals surface area contributed by atoms with Crippen LogP contribution < -0.4 is 14.8 Å². The van der Waals surface area contributed by atoms with Crippen molar-refractivity contribution in [3.05, 3.63) is 59.2 Å². The molecule has 4 rings (SSSR count). The topological polar surface area (TPSA) is 123 Å². The van der Waals surface area contributed by atoms with E-state index >= 15 is 0 Å². The zero-order valence-electron chi connectivity index (χ0n) is 16.9. The van der Waals surface area contributed by atoms with Gasteiger partial charge >= 0.3 is 5.97 Å². The first-order valence-electron chi connectivity index (χ1n) is 9.37. The molecular formula is C21H20N4O6. The average molecular weight is 424 g/mol. The van der Waals surface area contributed by atoms with Crippen LogP contribution in [0.1, 0.15) is 20.8 Å². The van der Waals surface area contributed by atoms with E-state index in [9.17, 15) is 14.7 Å². The molecule has 0 radical (unpaired) electrons. The Morgan fingerprint density at radius 1 is 1.16 bits per heavy atom. The first-order chi connectivity index (χ1) is 15.0. The SMILES string of the molecule is COc1ccc(NC2=C3COCC3=NCN2C(=O)c2ncccc2C(=O)O)cc1OC. The number of carboxylic acids is 1. The summed E-state index contributed by atoms with van der Waals surface area (Å²) in [6.07, 6.45) is 1.38. The van der Waals surface area contributed by atoms with Crippen molar-refractivity contribution in [2.45, 2.75) is 0 Å². The van der Waals surface area contributed by atoms with Gasteiger partial charge in [-0.3, -0.25) is 19.7 Å². The number of nitrogens with zero attached hydrogens (tertiary/aromatic N) is 3. The van der Waals surface area contributed by atoms with Gasteiger partial charge in [0, 0.05) is 23.5 Å². The number of hydrogen-bond acceptors (Lipinski definition) is 8. The number of carbonyl (C=O) groups excluding carboxylic acids is 1. The third-order valence-electron chi connectivity index (χ3n) is 4.92. The minimum Gasteiger partial charge on any atom is -0.493 e. The van der Waals surface area contributed by atoms with Gasteiger partial charge in [-0.1, -0.05) is 0 Å². The number of methoxy groups -OCH3 is 2. The van der Waals surface area contributed by atoms with Crippen LogP contribution in [0.4, 0.5) is 5.69 Å². The first kappa shape index (κ1) is 20.4. The standard InChI is InChI=1S/C21H20N4O6/c1-29-16-6-5-12(8-17(16)30-2)24-19-14-9-31-10-15(14)23-11-25(19)20(26)18-13(21(27)28)4-3-7-22-18/h3-8,24H,9-11H2,1-2H3,(H,27,28). The highest BCUT2D eigenvalue weighted by atomic mass is 16.5. The lowest BCUT2D eigenvalue weighted by Crippen LogP contribution is -2.39. The molecule has 31 heavy (non-hydrogen) atoms. The number of anilines is 1. The highest BCUT2D eigenvalue weighted by Crippen LogP contribution is 2.32. The fourth-order valence-electron chi connectivity index (χ4n) is 3.39. The van der Waals surface area contributed by atoms with Crippen molar-refractivity contribution in [1.82, 2.24) is 9.88 Å². The zero-order chi connectivity index (χ0) is 22.0. The quantitative estimate of drug-likeness (QED) is 0.722. The Labute approximate surface area is 177 Å². The van der Waals surface area contributed by atoms with E-state index in [0.717, 1.165) is 11.3 Å². The number of benzene rings is 1. The number of carbonyl (C=O) groups is 2. The molecule has 10 nitrogen and oxygen atoms in total. The van der Waals surface area contributed by atoms with Gasteiger partial charge in [0.15, 0.2) is 11.5 Å². The van der Waals surface area contributed by atoms with Gasteiger partial charge in [-0.15, -0.1) is 0 Å². The molecule has 0 unspecified atom stereocenters. The summed E-state index contributed by atoms with van der Waals surface area (Å²) in [4.78, 5) is 34.7. The predicted octanol–water partition coefficient (Wildman–Crippen LogP) is 2.01. The van der Waals surface area contributed by atoms with E-state index in [1.807, 2.05) is 0 Å². The third kappa shape index (κ3) is 3.80. The summed E-state index contributed by atoms with van der Waals surface area (Å²) in [5, 5.41) is 12.7. The van der Waals surface area contributed by atoms with E-state index in [0.29, 0.717) is 29.6 Å². The Hall–Kier alpha value is -3.92. The molecule has 2 aliphatic rings. The molecule has 0 bridgehead atoms. The highest BCUT2D eigenvalue weighted by Gasteiger charge is 2.33. The van der Waals surface area contributed by atoms with Crippen LogP contribution >= 0.6 is 0 Å². The second-order valence-corrected chi connectivity index (χ2v) is 6.70. The van der Waals surface area contributed by atoms with E-state index < -0.39 is 11.9 Å². The molecule has 0 atom stereocenters. The maximum absolute atomic E-state index is 13.3. The maximum atomic E-state index is 13.3. The Morgan fingerprint density at radius 3 is 2.71 bits per heavy atom. The van der Waals surface area contributed by atoms with Crippen LogP contribution in [-0.4, -0.2) is 66.7 Å². The van der Waals surface area contributed by atoms with Crippen molar-refractivity contribution in [3.8, 4) is 11.5 Å². The Morgan fingerprint density at radius 2 is 1.97 bits per heavy atom. The molecule has 2 aliphatic heterocycles. The van der Waals surface area contributed by atoms with Crippen LogP contribution in [0.15, 0.2) is 52.9 Å². The third-order valence-corrected chi connectivity index (χ3v) is 4.92. The molecule has 0 saturated carbocycles. The zero-order valence-corrected chi connectivity index (χ0v) is 16.9. The molecule has 1 aromatic heterocycles. The number of amides is 1. The van der Waals surface area contributed by atoms with Gasteiger partial charge in [0.2, 0.25) is 0 Å². The van der Waals surface area contributed by atoms with Crippen LogP contribution in [-0.2, 0) is 4.74 Å². The number of aromatic carboxylic acids is 1. The van der Waals surface area contributed by atoms with Gasteiger partial charge in [0.05, 0.1) is 38.7 Å². The van der Waals surface area contributed by atoms with E-state index in [1.54, 1.807) is 25.3 Å². The number of carboxylic acid groups (broad SMARTS) is 1. The first-order valence-corrected chi connectivity index (χ1v) is 9.37. The molecule has 160 valence electrons. The largest absolute Gasteiger partial charge is 0.493 e. The van der Waals surface area contributed by atoms with E-state index in [2.05, 4.69) is 15.3 Å². The summed E-state index contributed by atoms with van der Waals surface area (Å²) < 4.78 is 16.1. The van der Waals surface area contributed by atoms with Crippen LogP contribution in [0.25, 0.3) is 0 Å². The summed E-state index contributed by atoms with van der Waals surface area (Å²) >= 11 is 0. The maximum Gasteiger partial charge on any atom is 0.338 e. The number of hydrogen-bond donors (Lipinski definition) is 2. The number of aromatic nitrogens is 1. The van der Waals surface area contributed by atoms with Gasteiger partial charge in [0.1, 0.15) is 18.2 Å². The summed E-state index contributed by atoms with van der Waals surface area (Å²) in [7, 11) is 3.08. The van der Waals surface area contributed by atoms with Gasteiger partial charge in [-0.25, -0.2) is 4.79 Å². The predicted molar refractivity (Wildman–Crippen MR) is 111 cm³/mol. The second kappa shape index (κ2) is 8.44. The molecular weight excluding hydrogens is 404 g/mol. The molecule has 1 saturated heterocycles. The second-order valence-electron chi connectivity index (χ2n) is 6.70. The molecule has 0 spiro atoms. The average Bonchev–Trinajstić information content (AvgIpc) is 3.28. The van der Waals surface area contributed by atoms with Crippen molar-refractivity contribution in [1.29, 1.82) is 0 Å². The van der Waals surface area contributed by atoms with Gasteiger partial charge < -0.3 is 24.6 Å². The van der Waals surface area contributed by atoms with Crippen molar-refractivity contribution < 1.29 is 28.9 Å². The molecule has 0 aliphatic carbocycles. The Balaban J connectivity index is 1.73. The van der Waals surface area contributed by atoms with Crippen LogP contribution in [0, 0.1) is 0 Å². The number of rotatable bonds is 6. The lowest BCUT2D eigenvalue weighted by atomic mass is 10.1. The molecule has 1 amide bonds. The Bertz CT molecular complexity index is 1110. The lowest BCUT2D eigenvalue weighted by Gasteiger charge is -2.29. The van der Waals surface area contributed by atoms with Crippen LogP contribution in [0.3, 0.4) is 0 Å². The number of pyridine rings is 1. The van der Waals surface area contributed by atoms with Crippen molar-refractivity contribution in [3.63, 3.8) is 0 Å². The lowest BCUT2D eigenvalue weighted by molar-refractivity contribution is 0.0681.